The molecular formula is C32H51NO10Se. The number of aliphatic hydroxyl groups is 1. The van der Waals surface area contributed by atoms with Gasteiger partial charge in [0.1, 0.15) is 0 Å². The summed E-state index contributed by atoms with van der Waals surface area (Å²) in [4.78, 5) is 13.7. The first kappa shape index (κ1) is 35.7. The van der Waals surface area contributed by atoms with Gasteiger partial charge in [-0.25, -0.2) is 0 Å². The number of ether oxygens (including phenoxy) is 8. The van der Waals surface area contributed by atoms with Crippen LogP contribution in [0, 0.1) is 17.3 Å². The number of aliphatic hydroxyl groups excluding tert-OH is 1. The summed E-state index contributed by atoms with van der Waals surface area (Å²) in [6.07, 6.45) is -3.92. The van der Waals surface area contributed by atoms with Crippen molar-refractivity contribution in [3.63, 3.8) is 0 Å². The average molecular weight is 689 g/mol. The zero-order chi connectivity index (χ0) is 32.1. The van der Waals surface area contributed by atoms with Crippen LogP contribution >= 0.6 is 0 Å². The van der Waals surface area contributed by atoms with E-state index in [1.807, 2.05) is 25.1 Å². The first-order chi connectivity index (χ1) is 21.0. The van der Waals surface area contributed by atoms with E-state index in [0.717, 1.165) is 5.32 Å². The second-order valence-corrected chi connectivity index (χ2v) is 14.9. The zero-order valence-electron chi connectivity index (χ0n) is 27.2. The van der Waals surface area contributed by atoms with E-state index in [-0.39, 0.29) is 58.0 Å². The Morgan fingerprint density at radius 2 is 1.84 bits per heavy atom. The minimum Gasteiger partial charge on any atom is -0.379 e. The minimum atomic E-state index is -1.60. The number of amides is 1. The molecule has 3 saturated heterocycles. The van der Waals surface area contributed by atoms with Crippen LogP contribution in [0.5, 0.6) is 0 Å². The predicted molar refractivity (Wildman–Crippen MR) is 163 cm³/mol. The van der Waals surface area contributed by atoms with Crippen molar-refractivity contribution >= 4 is 25.3 Å². The van der Waals surface area contributed by atoms with E-state index in [0.29, 0.717) is 19.4 Å². The van der Waals surface area contributed by atoms with Crippen LogP contribution in [0.25, 0.3) is 0 Å². The van der Waals surface area contributed by atoms with Crippen molar-refractivity contribution in [2.75, 3.05) is 41.8 Å². The molecule has 1 amide bonds. The first-order valence-electron chi connectivity index (χ1n) is 15.3. The molecule has 44 heavy (non-hydrogen) atoms. The Morgan fingerprint density at radius 1 is 1.11 bits per heavy atom. The number of benzene rings is 1. The van der Waals surface area contributed by atoms with Crippen LogP contribution < -0.4 is 9.78 Å². The molecule has 0 saturated carbocycles. The Kier molecular flexibility index (Phi) is 12.7. The van der Waals surface area contributed by atoms with E-state index in [1.165, 1.54) is 11.6 Å². The smallest absolute Gasteiger partial charge is 0.379 e. The van der Waals surface area contributed by atoms with E-state index in [4.69, 9.17) is 37.9 Å². The Balaban J connectivity index is 1.49. The molecule has 3 aliphatic heterocycles. The third kappa shape index (κ3) is 7.69. The van der Waals surface area contributed by atoms with Crippen molar-refractivity contribution in [2.45, 2.75) is 101 Å². The Labute approximate surface area is 268 Å². The van der Waals surface area contributed by atoms with Crippen molar-refractivity contribution in [3.05, 3.63) is 30.3 Å². The molecule has 2 N–H and O–H groups in total. The van der Waals surface area contributed by atoms with Crippen LogP contribution in [-0.2, 0) is 42.7 Å². The standard InChI is InChI=1S/C32H51NO10Se/c1-19-20(2)43-32(39-8,15-21(19)17-44-23-12-10-9-11-13-23)27(34)29(35)33-30-26-25(40-18-41-30)28(38-7)31(3,4)24(42-26)14-22(37-6)16-36-5/h9-13,19-22,24-28,30,34H,14-18H2,1-8H3,(H,33,35)/t19-,20+,21-,22-,24+,25-,26-,27?,28+,30-,32+/m0/s1. The van der Waals surface area contributed by atoms with Crippen LogP contribution in [0.2, 0.25) is 5.32 Å². The van der Waals surface area contributed by atoms with Gasteiger partial charge in [-0.15, -0.1) is 0 Å². The summed E-state index contributed by atoms with van der Waals surface area (Å²) in [6, 6.07) is 10.4. The molecule has 0 radical (unpaired) electrons. The number of carbonyl (C=O) groups is 1. The van der Waals surface area contributed by atoms with Gasteiger partial charge in [0.2, 0.25) is 0 Å². The van der Waals surface area contributed by atoms with Gasteiger partial charge in [-0.3, -0.25) is 0 Å². The number of hydrogen-bond donors (Lipinski definition) is 2. The Bertz CT molecular complexity index is 1050. The van der Waals surface area contributed by atoms with Crippen LogP contribution in [0.4, 0.5) is 0 Å². The molecule has 0 aliphatic carbocycles. The number of carbonyl (C=O) groups excluding carboxylic acids is 1. The number of nitrogens with one attached hydrogen (secondary N) is 1. The molecule has 11 nitrogen and oxygen atoms in total. The third-order valence-corrected chi connectivity index (χ3v) is 12.2. The Morgan fingerprint density at radius 3 is 2.48 bits per heavy atom. The number of rotatable bonds is 13. The maximum absolute atomic E-state index is 13.7. The third-order valence-electron chi connectivity index (χ3n) is 9.65. The van der Waals surface area contributed by atoms with Gasteiger partial charge < -0.3 is 9.47 Å². The molecule has 12 heteroatoms. The number of methoxy groups -OCH3 is 4. The van der Waals surface area contributed by atoms with Crippen molar-refractivity contribution in [1.82, 2.24) is 5.32 Å². The molecule has 4 rings (SSSR count). The maximum atomic E-state index is 13.7. The summed E-state index contributed by atoms with van der Waals surface area (Å²) in [5.41, 5.74) is -0.453. The fraction of sp³-hybridized carbons (Fsp3) is 0.781. The molecule has 0 aromatic heterocycles. The molecule has 1 aromatic rings. The monoisotopic (exact) mass is 689 g/mol. The molecule has 3 heterocycles. The topological polar surface area (TPSA) is 123 Å². The summed E-state index contributed by atoms with van der Waals surface area (Å²) in [5.74, 6) is -1.75. The van der Waals surface area contributed by atoms with Gasteiger partial charge in [-0.1, -0.05) is 13.8 Å². The van der Waals surface area contributed by atoms with Gasteiger partial charge in [0.25, 0.3) is 0 Å². The fourth-order valence-corrected chi connectivity index (χ4v) is 9.16. The van der Waals surface area contributed by atoms with Crippen molar-refractivity contribution in [2.24, 2.45) is 17.3 Å². The second-order valence-electron chi connectivity index (χ2n) is 12.6. The van der Waals surface area contributed by atoms with Crippen LogP contribution in [0.3, 0.4) is 0 Å². The van der Waals surface area contributed by atoms with Crippen LogP contribution in [-0.4, -0.2) is 123 Å². The average Bonchev–Trinajstić information content (AvgIpc) is 3.02. The van der Waals surface area contributed by atoms with E-state index < -0.39 is 41.6 Å². The normalized spacial score (nSPS) is 36.7. The van der Waals surface area contributed by atoms with Gasteiger partial charge in [-0.05, 0) is 0 Å². The molecule has 0 bridgehead atoms. The number of fused-ring (bicyclic) bond motifs is 1. The van der Waals surface area contributed by atoms with Gasteiger partial charge in [0, 0.05) is 21.3 Å². The summed E-state index contributed by atoms with van der Waals surface area (Å²) in [7, 11) is 6.39. The Hall–Kier alpha value is -1.15. The summed E-state index contributed by atoms with van der Waals surface area (Å²) >= 11 is 0.237. The van der Waals surface area contributed by atoms with E-state index in [2.05, 4.69) is 38.2 Å². The van der Waals surface area contributed by atoms with Gasteiger partial charge >= 0.3 is 211 Å². The quantitative estimate of drug-likeness (QED) is 0.297. The van der Waals surface area contributed by atoms with E-state index in [9.17, 15) is 9.90 Å². The SMILES string of the molecule is COC[C@H](C[C@H]1O[C@H]2[C@H](OCO[C@@H]2NC(=O)C(O)[C@@]2(OC)C[C@@H](C[Se]c3ccccc3)[C@@H](C)[C@@H](C)O2)[C@@H](OC)C1(C)C)OC. The van der Waals surface area contributed by atoms with Gasteiger partial charge in [0.15, 0.2) is 0 Å². The van der Waals surface area contributed by atoms with Crippen molar-refractivity contribution in [3.8, 4) is 0 Å². The van der Waals surface area contributed by atoms with Crippen molar-refractivity contribution < 1.29 is 47.8 Å². The molecule has 250 valence electrons. The molecule has 1 aromatic carbocycles. The second kappa shape index (κ2) is 15.6. The van der Waals surface area contributed by atoms with Gasteiger partial charge in [0.05, 0.1) is 12.7 Å². The van der Waals surface area contributed by atoms with Crippen LogP contribution in [0.1, 0.15) is 40.5 Å². The van der Waals surface area contributed by atoms with Crippen LogP contribution in [0.15, 0.2) is 30.3 Å². The predicted octanol–water partition coefficient (Wildman–Crippen LogP) is 1.87. The summed E-state index contributed by atoms with van der Waals surface area (Å²) in [6.45, 7) is 8.60. The first-order valence-corrected chi connectivity index (χ1v) is 17.4. The molecular weight excluding hydrogens is 637 g/mol. The van der Waals surface area contributed by atoms with Gasteiger partial charge in [-0.2, -0.15) is 0 Å². The number of hydrogen-bond acceptors (Lipinski definition) is 10. The van der Waals surface area contributed by atoms with Crippen molar-refractivity contribution in [1.29, 1.82) is 0 Å². The summed E-state index contributed by atoms with van der Waals surface area (Å²) in [5, 5.41) is 15.3. The fourth-order valence-electron chi connectivity index (χ4n) is 6.68. The van der Waals surface area contributed by atoms with E-state index >= 15 is 0 Å². The zero-order valence-corrected chi connectivity index (χ0v) is 28.9. The molecule has 1 unspecified atom stereocenters. The molecule has 3 fully saturated rings. The minimum absolute atomic E-state index is 0.0688. The van der Waals surface area contributed by atoms with E-state index in [1.54, 1.807) is 21.3 Å². The summed E-state index contributed by atoms with van der Waals surface area (Å²) < 4.78 is 48.8. The molecule has 3 aliphatic rings. The molecule has 0 spiro atoms. The molecule has 11 atom stereocenters.